The lowest BCUT2D eigenvalue weighted by Crippen LogP contribution is -2.41. The quantitative estimate of drug-likeness (QED) is 0.899. The second kappa shape index (κ2) is 7.04. The number of rotatable bonds is 4. The summed E-state index contributed by atoms with van der Waals surface area (Å²) in [5.41, 5.74) is 7.04. The Hall–Kier alpha value is -2.01. The Kier molecular flexibility index (Phi) is 4.86. The normalized spacial score (nSPS) is 18.0. The summed E-state index contributed by atoms with van der Waals surface area (Å²) in [6.07, 6.45) is 4.44. The van der Waals surface area contributed by atoms with E-state index in [-0.39, 0.29) is 0 Å². The Morgan fingerprint density at radius 1 is 1.30 bits per heavy atom. The predicted octanol–water partition coefficient (Wildman–Crippen LogP) is 3.36. The van der Waals surface area contributed by atoms with Crippen molar-refractivity contribution in [2.24, 2.45) is 0 Å². The van der Waals surface area contributed by atoms with Crippen LogP contribution >= 0.6 is 11.6 Å². The molecule has 1 unspecified atom stereocenters. The topological polar surface area (TPSA) is 67.1 Å². The van der Waals surface area contributed by atoms with Gasteiger partial charge in [-0.3, -0.25) is 0 Å². The van der Waals surface area contributed by atoms with Gasteiger partial charge in [-0.15, -0.1) is 0 Å². The minimum absolute atomic E-state index is 0.300. The number of piperidine rings is 1. The van der Waals surface area contributed by atoms with E-state index in [1.807, 2.05) is 31.3 Å². The van der Waals surface area contributed by atoms with Crippen molar-refractivity contribution < 1.29 is 0 Å². The second-order valence-corrected chi connectivity index (χ2v) is 6.27. The highest BCUT2D eigenvalue weighted by atomic mass is 35.5. The van der Waals surface area contributed by atoms with E-state index in [0.29, 0.717) is 12.0 Å². The largest absolute Gasteiger partial charge is 0.373 e. The summed E-state index contributed by atoms with van der Waals surface area (Å²) >= 11 is 6.34. The molecule has 122 valence electrons. The molecular weight excluding hydrogens is 310 g/mol. The molecule has 0 spiro atoms. The van der Waals surface area contributed by atoms with E-state index >= 15 is 0 Å². The monoisotopic (exact) mass is 331 g/mol. The molecule has 1 fully saturated rings. The van der Waals surface area contributed by atoms with Crippen LogP contribution < -0.4 is 16.0 Å². The van der Waals surface area contributed by atoms with Gasteiger partial charge in [0.15, 0.2) is 0 Å². The maximum atomic E-state index is 6.34. The molecule has 0 bridgehead atoms. The molecular formula is C17H22ClN5. The van der Waals surface area contributed by atoms with E-state index in [1.54, 1.807) is 0 Å². The fourth-order valence-electron chi connectivity index (χ4n) is 3.16. The van der Waals surface area contributed by atoms with Crippen molar-refractivity contribution in [2.75, 3.05) is 29.5 Å². The van der Waals surface area contributed by atoms with Gasteiger partial charge in [-0.1, -0.05) is 29.8 Å². The molecule has 0 aliphatic carbocycles. The Labute approximate surface area is 141 Å². The summed E-state index contributed by atoms with van der Waals surface area (Å²) in [5.74, 6) is 1.93. The van der Waals surface area contributed by atoms with Crippen molar-refractivity contribution in [1.29, 1.82) is 0 Å². The molecule has 0 radical (unpaired) electrons. The smallest absolute Gasteiger partial charge is 0.223 e. The fraction of sp³-hybridized carbons (Fsp3) is 0.412. The highest BCUT2D eigenvalue weighted by Crippen LogP contribution is 2.29. The van der Waals surface area contributed by atoms with E-state index < -0.39 is 0 Å². The van der Waals surface area contributed by atoms with Crippen molar-refractivity contribution in [3.8, 4) is 0 Å². The molecule has 3 N–H and O–H groups in total. The SMILES string of the molecule is CNc1cc(N2CCCCC2Cc2ccccc2Cl)nc(N)n1. The number of hydrogen-bond donors (Lipinski definition) is 2. The van der Waals surface area contributed by atoms with Gasteiger partial charge in [-0.2, -0.15) is 9.97 Å². The lowest BCUT2D eigenvalue weighted by molar-refractivity contribution is 0.454. The van der Waals surface area contributed by atoms with E-state index in [1.165, 1.54) is 12.0 Å². The Morgan fingerprint density at radius 3 is 2.91 bits per heavy atom. The molecule has 1 aromatic carbocycles. The average Bonchev–Trinajstić information content (AvgIpc) is 2.57. The third-order valence-electron chi connectivity index (χ3n) is 4.32. The van der Waals surface area contributed by atoms with Crippen LogP contribution in [0.15, 0.2) is 30.3 Å². The van der Waals surface area contributed by atoms with E-state index in [0.717, 1.165) is 42.5 Å². The van der Waals surface area contributed by atoms with Crippen molar-refractivity contribution in [2.45, 2.75) is 31.7 Å². The van der Waals surface area contributed by atoms with Crippen molar-refractivity contribution in [3.05, 3.63) is 40.9 Å². The molecule has 1 atom stereocenters. The first-order valence-electron chi connectivity index (χ1n) is 7.99. The molecule has 6 heteroatoms. The lowest BCUT2D eigenvalue weighted by Gasteiger charge is -2.37. The molecule has 1 aromatic heterocycles. The van der Waals surface area contributed by atoms with Gasteiger partial charge < -0.3 is 16.0 Å². The van der Waals surface area contributed by atoms with Crippen LogP contribution in [0.5, 0.6) is 0 Å². The number of hydrogen-bond acceptors (Lipinski definition) is 5. The number of nitrogens with one attached hydrogen (secondary N) is 1. The van der Waals surface area contributed by atoms with Gasteiger partial charge in [0.25, 0.3) is 0 Å². The molecule has 1 aliphatic heterocycles. The first kappa shape index (κ1) is 15.9. The molecule has 5 nitrogen and oxygen atoms in total. The van der Waals surface area contributed by atoms with Crippen LogP contribution in [0.4, 0.5) is 17.6 Å². The van der Waals surface area contributed by atoms with Gasteiger partial charge in [0.2, 0.25) is 5.95 Å². The number of aromatic nitrogens is 2. The Morgan fingerprint density at radius 2 is 2.13 bits per heavy atom. The minimum atomic E-state index is 0.300. The third kappa shape index (κ3) is 3.67. The molecule has 23 heavy (non-hydrogen) atoms. The number of benzene rings is 1. The van der Waals surface area contributed by atoms with Crippen LogP contribution in [0, 0.1) is 0 Å². The summed E-state index contributed by atoms with van der Waals surface area (Å²) in [6, 6.07) is 10.4. The minimum Gasteiger partial charge on any atom is -0.373 e. The first-order chi connectivity index (χ1) is 11.2. The van der Waals surface area contributed by atoms with Crippen LogP contribution in [-0.2, 0) is 6.42 Å². The van der Waals surface area contributed by atoms with Crippen LogP contribution in [0.2, 0.25) is 5.02 Å². The van der Waals surface area contributed by atoms with Crippen LogP contribution in [0.1, 0.15) is 24.8 Å². The van der Waals surface area contributed by atoms with Crippen LogP contribution in [0.25, 0.3) is 0 Å². The van der Waals surface area contributed by atoms with E-state index in [4.69, 9.17) is 17.3 Å². The molecule has 0 amide bonds. The Balaban J connectivity index is 1.87. The van der Waals surface area contributed by atoms with Crippen molar-refractivity contribution >= 4 is 29.2 Å². The molecule has 1 saturated heterocycles. The lowest BCUT2D eigenvalue weighted by atomic mass is 9.95. The van der Waals surface area contributed by atoms with E-state index in [2.05, 4.69) is 26.3 Å². The third-order valence-corrected chi connectivity index (χ3v) is 4.69. The zero-order valence-electron chi connectivity index (χ0n) is 13.3. The van der Waals surface area contributed by atoms with E-state index in [9.17, 15) is 0 Å². The zero-order chi connectivity index (χ0) is 16.2. The molecule has 3 rings (SSSR count). The highest BCUT2D eigenvalue weighted by molar-refractivity contribution is 6.31. The second-order valence-electron chi connectivity index (χ2n) is 5.86. The fourth-order valence-corrected chi connectivity index (χ4v) is 3.37. The van der Waals surface area contributed by atoms with Gasteiger partial charge in [-0.05, 0) is 37.3 Å². The van der Waals surface area contributed by atoms with Gasteiger partial charge in [0.05, 0.1) is 0 Å². The number of halogens is 1. The molecule has 0 saturated carbocycles. The van der Waals surface area contributed by atoms with Gasteiger partial charge in [0, 0.05) is 30.7 Å². The summed E-state index contributed by atoms with van der Waals surface area (Å²) < 4.78 is 0. The first-order valence-corrected chi connectivity index (χ1v) is 8.37. The number of nitrogens with two attached hydrogens (primary N) is 1. The number of anilines is 3. The van der Waals surface area contributed by atoms with Crippen molar-refractivity contribution in [3.63, 3.8) is 0 Å². The number of nitrogen functional groups attached to an aromatic ring is 1. The maximum absolute atomic E-state index is 6.34. The van der Waals surface area contributed by atoms with Crippen LogP contribution in [-0.4, -0.2) is 29.6 Å². The standard InChI is InChI=1S/C17H22ClN5/c1-20-15-11-16(22-17(19)21-15)23-9-5-4-7-13(23)10-12-6-2-3-8-14(12)18/h2-3,6,8,11,13H,4-5,7,9-10H2,1H3,(H3,19,20,21,22). The summed E-state index contributed by atoms with van der Waals surface area (Å²) in [5, 5.41) is 3.87. The summed E-state index contributed by atoms with van der Waals surface area (Å²) in [7, 11) is 1.84. The number of nitrogens with zero attached hydrogens (tertiary/aromatic N) is 3. The van der Waals surface area contributed by atoms with Gasteiger partial charge in [0.1, 0.15) is 11.6 Å². The molecule has 2 aromatic rings. The summed E-state index contributed by atoms with van der Waals surface area (Å²) in [4.78, 5) is 11.0. The molecule has 1 aliphatic rings. The molecule has 2 heterocycles. The highest BCUT2D eigenvalue weighted by Gasteiger charge is 2.25. The Bertz CT molecular complexity index is 676. The summed E-state index contributed by atoms with van der Waals surface area (Å²) in [6.45, 7) is 0.981. The van der Waals surface area contributed by atoms with Gasteiger partial charge >= 0.3 is 0 Å². The maximum Gasteiger partial charge on any atom is 0.223 e. The van der Waals surface area contributed by atoms with Gasteiger partial charge in [-0.25, -0.2) is 0 Å². The average molecular weight is 332 g/mol. The van der Waals surface area contributed by atoms with Crippen LogP contribution in [0.3, 0.4) is 0 Å². The predicted molar refractivity (Wildman–Crippen MR) is 96.1 cm³/mol. The van der Waals surface area contributed by atoms with Crippen molar-refractivity contribution in [1.82, 2.24) is 9.97 Å². The zero-order valence-corrected chi connectivity index (χ0v) is 14.1.